The van der Waals surface area contributed by atoms with Gasteiger partial charge in [-0.3, -0.25) is 14.6 Å². The van der Waals surface area contributed by atoms with Crippen LogP contribution in [0.2, 0.25) is 0 Å². The van der Waals surface area contributed by atoms with Crippen molar-refractivity contribution in [3.63, 3.8) is 0 Å². The number of esters is 1. The fourth-order valence-electron chi connectivity index (χ4n) is 3.26. The number of anilines is 1. The lowest BCUT2D eigenvalue weighted by Crippen LogP contribution is -2.42. The van der Waals surface area contributed by atoms with Gasteiger partial charge in [0.25, 0.3) is 0 Å². The molecule has 140 valence electrons. The van der Waals surface area contributed by atoms with Gasteiger partial charge in [-0.2, -0.15) is 13.2 Å². The van der Waals surface area contributed by atoms with Crippen molar-refractivity contribution in [3.8, 4) is 0 Å². The molecule has 0 bridgehead atoms. The van der Waals surface area contributed by atoms with E-state index < -0.39 is 23.8 Å². The standard InChI is InChI=1S/C17H18F3N3O3/c1-21-16(25)14-3-2-6-23(14)13-5-4-10(7-11(13)17(18,19)20)12-9-26-15(24)8-22-12/h4-5,7,14H,2-3,6,8-9H2,1H3,(H,21,25). The van der Waals surface area contributed by atoms with Crippen LogP contribution >= 0.6 is 0 Å². The number of ether oxygens (including phenoxy) is 1. The Morgan fingerprint density at radius 2 is 2.15 bits per heavy atom. The lowest BCUT2D eigenvalue weighted by Gasteiger charge is -2.29. The normalized spacial score (nSPS) is 20.6. The van der Waals surface area contributed by atoms with E-state index in [0.29, 0.717) is 25.1 Å². The molecule has 9 heteroatoms. The summed E-state index contributed by atoms with van der Waals surface area (Å²) in [5.41, 5.74) is -0.304. The zero-order valence-electron chi connectivity index (χ0n) is 14.1. The van der Waals surface area contributed by atoms with Crippen LogP contribution in [0.3, 0.4) is 0 Å². The number of nitrogens with zero attached hydrogens (tertiary/aromatic N) is 2. The Balaban J connectivity index is 2.01. The van der Waals surface area contributed by atoms with E-state index in [-0.39, 0.29) is 30.3 Å². The van der Waals surface area contributed by atoms with Crippen molar-refractivity contribution < 1.29 is 27.5 Å². The van der Waals surface area contributed by atoms with Crippen LogP contribution in [0.15, 0.2) is 23.2 Å². The first-order valence-electron chi connectivity index (χ1n) is 8.20. The number of rotatable bonds is 3. The van der Waals surface area contributed by atoms with E-state index in [2.05, 4.69) is 10.3 Å². The molecule has 0 radical (unpaired) electrons. The number of nitrogens with one attached hydrogen (secondary N) is 1. The first-order chi connectivity index (χ1) is 12.3. The third kappa shape index (κ3) is 3.51. The lowest BCUT2D eigenvalue weighted by atomic mass is 10.0. The molecule has 0 aromatic heterocycles. The van der Waals surface area contributed by atoms with Crippen molar-refractivity contribution in [1.29, 1.82) is 0 Å². The maximum absolute atomic E-state index is 13.7. The molecule has 1 saturated heterocycles. The molecule has 1 N–H and O–H groups in total. The number of cyclic esters (lactones) is 1. The highest BCUT2D eigenvalue weighted by atomic mass is 19.4. The summed E-state index contributed by atoms with van der Waals surface area (Å²) in [6.07, 6.45) is -3.45. The quantitative estimate of drug-likeness (QED) is 0.825. The van der Waals surface area contributed by atoms with E-state index in [1.807, 2.05) is 0 Å². The van der Waals surface area contributed by atoms with Crippen molar-refractivity contribution in [1.82, 2.24) is 5.32 Å². The number of hydrogen-bond acceptors (Lipinski definition) is 5. The molecule has 1 atom stereocenters. The Hall–Kier alpha value is -2.58. The summed E-state index contributed by atoms with van der Waals surface area (Å²) >= 11 is 0. The zero-order chi connectivity index (χ0) is 18.9. The molecule has 1 fully saturated rings. The summed E-state index contributed by atoms with van der Waals surface area (Å²) in [5, 5.41) is 2.50. The van der Waals surface area contributed by atoms with Gasteiger partial charge in [-0.25, -0.2) is 0 Å². The van der Waals surface area contributed by atoms with Crippen LogP contribution in [0, 0.1) is 0 Å². The average Bonchev–Trinajstić information content (AvgIpc) is 3.10. The zero-order valence-corrected chi connectivity index (χ0v) is 14.1. The number of benzene rings is 1. The summed E-state index contributed by atoms with van der Waals surface area (Å²) in [6, 6.07) is 3.26. The second-order valence-corrected chi connectivity index (χ2v) is 6.12. The van der Waals surface area contributed by atoms with Gasteiger partial charge in [0.15, 0.2) is 0 Å². The Morgan fingerprint density at radius 3 is 2.77 bits per heavy atom. The van der Waals surface area contributed by atoms with Crippen LogP contribution in [0.25, 0.3) is 0 Å². The van der Waals surface area contributed by atoms with Gasteiger partial charge in [-0.15, -0.1) is 0 Å². The third-order valence-electron chi connectivity index (χ3n) is 4.52. The van der Waals surface area contributed by atoms with Crippen molar-refractivity contribution >= 4 is 23.3 Å². The van der Waals surface area contributed by atoms with Gasteiger partial charge in [-0.05, 0) is 30.5 Å². The summed E-state index contributed by atoms with van der Waals surface area (Å²) < 4.78 is 45.9. The Morgan fingerprint density at radius 1 is 1.38 bits per heavy atom. The molecule has 1 unspecified atom stereocenters. The smallest absolute Gasteiger partial charge is 0.418 e. The van der Waals surface area contributed by atoms with Crippen LogP contribution in [-0.4, -0.2) is 50.4 Å². The maximum Gasteiger partial charge on any atom is 0.418 e. The monoisotopic (exact) mass is 369 g/mol. The van der Waals surface area contributed by atoms with Crippen LogP contribution in [0.4, 0.5) is 18.9 Å². The van der Waals surface area contributed by atoms with E-state index in [4.69, 9.17) is 4.74 Å². The molecule has 2 aliphatic rings. The number of likely N-dealkylation sites (N-methyl/N-ethyl adjacent to an activating group) is 1. The Kier molecular flexibility index (Phi) is 4.88. The number of alkyl halides is 3. The number of amides is 1. The van der Waals surface area contributed by atoms with Gasteiger partial charge < -0.3 is 15.0 Å². The molecular weight excluding hydrogens is 351 g/mol. The highest BCUT2D eigenvalue weighted by Crippen LogP contribution is 2.40. The lowest BCUT2D eigenvalue weighted by molar-refractivity contribution is -0.141. The van der Waals surface area contributed by atoms with Gasteiger partial charge in [0.2, 0.25) is 5.91 Å². The molecule has 2 aliphatic heterocycles. The molecule has 0 spiro atoms. The molecule has 26 heavy (non-hydrogen) atoms. The van der Waals surface area contributed by atoms with Gasteiger partial charge in [-0.1, -0.05) is 6.07 Å². The molecule has 1 aromatic carbocycles. The topological polar surface area (TPSA) is 71.0 Å². The van der Waals surface area contributed by atoms with Crippen LogP contribution < -0.4 is 10.2 Å². The van der Waals surface area contributed by atoms with Crippen molar-refractivity contribution in [2.24, 2.45) is 4.99 Å². The minimum absolute atomic E-state index is 0.0271. The van der Waals surface area contributed by atoms with Crippen LogP contribution in [0.1, 0.15) is 24.0 Å². The van der Waals surface area contributed by atoms with Gasteiger partial charge in [0, 0.05) is 19.3 Å². The van der Waals surface area contributed by atoms with Crippen LogP contribution in [-0.2, 0) is 20.5 Å². The second kappa shape index (κ2) is 6.97. The molecular formula is C17H18F3N3O3. The fourth-order valence-corrected chi connectivity index (χ4v) is 3.26. The molecule has 1 amide bonds. The van der Waals surface area contributed by atoms with E-state index in [1.54, 1.807) is 0 Å². The molecule has 2 heterocycles. The number of halogens is 3. The van der Waals surface area contributed by atoms with E-state index >= 15 is 0 Å². The Labute approximate surface area is 148 Å². The molecule has 0 saturated carbocycles. The minimum Gasteiger partial charge on any atom is -0.458 e. The van der Waals surface area contributed by atoms with Crippen molar-refractivity contribution in [2.45, 2.75) is 25.1 Å². The number of hydrogen-bond donors (Lipinski definition) is 1. The fraction of sp³-hybridized carbons (Fsp3) is 0.471. The first kappa shape index (κ1) is 18.2. The summed E-state index contributed by atoms with van der Waals surface area (Å²) in [5.74, 6) is -0.810. The molecule has 0 aliphatic carbocycles. The third-order valence-corrected chi connectivity index (χ3v) is 4.52. The van der Waals surface area contributed by atoms with Gasteiger partial charge in [0.1, 0.15) is 19.2 Å². The van der Waals surface area contributed by atoms with Gasteiger partial charge in [0.05, 0.1) is 11.3 Å². The maximum atomic E-state index is 13.7. The first-order valence-corrected chi connectivity index (χ1v) is 8.20. The predicted octanol–water partition coefficient (Wildman–Crippen LogP) is 1.77. The number of carbonyl (C=O) groups is 2. The summed E-state index contributed by atoms with van der Waals surface area (Å²) in [6.45, 7) is 0.0163. The van der Waals surface area contributed by atoms with Crippen molar-refractivity contribution in [2.75, 3.05) is 31.6 Å². The Bertz CT molecular complexity index is 761. The predicted molar refractivity (Wildman–Crippen MR) is 88.2 cm³/mol. The highest BCUT2D eigenvalue weighted by molar-refractivity contribution is 6.05. The van der Waals surface area contributed by atoms with E-state index in [9.17, 15) is 22.8 Å². The van der Waals surface area contributed by atoms with E-state index in [0.717, 1.165) is 6.07 Å². The SMILES string of the molecule is CNC(=O)C1CCCN1c1ccc(C2=NCC(=O)OC2)cc1C(F)(F)F. The molecule has 3 rings (SSSR count). The molecule has 6 nitrogen and oxygen atoms in total. The summed E-state index contributed by atoms with van der Waals surface area (Å²) in [4.78, 5) is 28.5. The second-order valence-electron chi connectivity index (χ2n) is 6.12. The van der Waals surface area contributed by atoms with Gasteiger partial charge >= 0.3 is 12.1 Å². The van der Waals surface area contributed by atoms with Crippen molar-refractivity contribution in [3.05, 3.63) is 29.3 Å². The van der Waals surface area contributed by atoms with Crippen LogP contribution in [0.5, 0.6) is 0 Å². The molecule has 1 aromatic rings. The number of aliphatic imine (C=N–C) groups is 1. The van der Waals surface area contributed by atoms with E-state index in [1.165, 1.54) is 24.1 Å². The largest absolute Gasteiger partial charge is 0.458 e. The number of carbonyl (C=O) groups excluding carboxylic acids is 2. The average molecular weight is 369 g/mol. The highest BCUT2D eigenvalue weighted by Gasteiger charge is 2.39. The summed E-state index contributed by atoms with van der Waals surface area (Å²) in [7, 11) is 1.47. The minimum atomic E-state index is -4.59.